The van der Waals surface area contributed by atoms with Gasteiger partial charge < -0.3 is 0 Å². The van der Waals surface area contributed by atoms with Crippen molar-refractivity contribution in [2.75, 3.05) is 0 Å². The van der Waals surface area contributed by atoms with E-state index in [9.17, 15) is 0 Å². The van der Waals surface area contributed by atoms with E-state index in [1.54, 1.807) is 0 Å². The van der Waals surface area contributed by atoms with Gasteiger partial charge in [-0.2, -0.15) is 8.42 Å². The monoisotopic (exact) mass is 173 g/mol. The molecular formula is CH5NNa2O4S. The van der Waals surface area contributed by atoms with E-state index in [1.165, 1.54) is 0 Å². The van der Waals surface area contributed by atoms with Crippen molar-refractivity contribution in [1.82, 2.24) is 0 Å². The number of nitrogens with zero attached hydrogens (tertiary/aromatic N) is 1. The van der Waals surface area contributed by atoms with Crippen molar-refractivity contribution < 1.29 is 17.5 Å². The van der Waals surface area contributed by atoms with E-state index in [1.807, 2.05) is 0 Å². The SMILES string of the molecule is C#N.O=S(=O)(O)O.[NaH].[NaH]. The van der Waals surface area contributed by atoms with Gasteiger partial charge in [-0.3, -0.25) is 9.11 Å². The van der Waals surface area contributed by atoms with Gasteiger partial charge in [-0.05, 0) is 0 Å². The van der Waals surface area contributed by atoms with Gasteiger partial charge in [0.2, 0.25) is 0 Å². The molecule has 0 aliphatic carbocycles. The van der Waals surface area contributed by atoms with Crippen LogP contribution in [0.5, 0.6) is 0 Å². The Kier molecular flexibility index (Phi) is 30.1. The van der Waals surface area contributed by atoms with Gasteiger partial charge in [-0.15, -0.1) is 0 Å². The quantitative estimate of drug-likeness (QED) is 0.332. The summed E-state index contributed by atoms with van der Waals surface area (Å²) in [5.74, 6) is 0. The van der Waals surface area contributed by atoms with Crippen molar-refractivity contribution in [2.45, 2.75) is 0 Å². The molecule has 8 heteroatoms. The summed E-state index contributed by atoms with van der Waals surface area (Å²) < 4.78 is 31.6. The molecule has 0 amide bonds. The van der Waals surface area contributed by atoms with Gasteiger partial charge in [0.15, 0.2) is 0 Å². The van der Waals surface area contributed by atoms with E-state index in [-0.39, 0.29) is 59.1 Å². The molecule has 0 aromatic carbocycles. The van der Waals surface area contributed by atoms with Crippen molar-refractivity contribution in [3.05, 3.63) is 0 Å². The Hall–Kier alpha value is 1.36. The van der Waals surface area contributed by atoms with Crippen LogP contribution in [-0.4, -0.2) is 76.6 Å². The van der Waals surface area contributed by atoms with Crippen LogP contribution in [0, 0.1) is 11.8 Å². The average molecular weight is 173 g/mol. The standard InChI is InChI=1S/CHN.2Na.H2O4S.2H/c1-2;;;1-5(2,3)4;;/h1H;;;(H2,1,2,3,4);;. The number of nitriles is 1. The third kappa shape index (κ3) is 274. The fourth-order valence-electron chi connectivity index (χ4n) is 0. The Balaban J connectivity index is -0.0000000286. The van der Waals surface area contributed by atoms with Gasteiger partial charge >= 0.3 is 69.5 Å². The Labute approximate surface area is 97.6 Å². The maximum absolute atomic E-state index is 8.74. The Morgan fingerprint density at radius 2 is 1.11 bits per heavy atom. The van der Waals surface area contributed by atoms with Crippen LogP contribution in [0.25, 0.3) is 0 Å². The molecule has 0 heterocycles. The molecule has 9 heavy (non-hydrogen) atoms. The molecule has 0 aliphatic rings. The zero-order valence-corrected chi connectivity index (χ0v) is 3.96. The second kappa shape index (κ2) is 12.1. The van der Waals surface area contributed by atoms with Crippen LogP contribution in [0.1, 0.15) is 0 Å². The van der Waals surface area contributed by atoms with Crippen LogP contribution >= 0.6 is 0 Å². The first-order valence-corrected chi connectivity index (χ1v) is 2.35. The summed E-state index contributed by atoms with van der Waals surface area (Å²) in [6.07, 6.45) is 0. The van der Waals surface area contributed by atoms with Crippen molar-refractivity contribution in [1.29, 1.82) is 5.26 Å². The Morgan fingerprint density at radius 1 is 1.11 bits per heavy atom. The van der Waals surface area contributed by atoms with E-state index in [4.69, 9.17) is 22.8 Å². The summed E-state index contributed by atoms with van der Waals surface area (Å²) >= 11 is 0. The van der Waals surface area contributed by atoms with E-state index in [2.05, 4.69) is 6.57 Å². The second-order valence-electron chi connectivity index (χ2n) is 0.448. The van der Waals surface area contributed by atoms with Crippen molar-refractivity contribution >= 4 is 69.5 Å². The van der Waals surface area contributed by atoms with E-state index >= 15 is 0 Å². The minimum atomic E-state index is -4.67. The second-order valence-corrected chi connectivity index (χ2v) is 1.34. The van der Waals surface area contributed by atoms with E-state index < -0.39 is 10.4 Å². The molecule has 0 atom stereocenters. The molecule has 0 rings (SSSR count). The molecule has 0 bridgehead atoms. The van der Waals surface area contributed by atoms with Crippen molar-refractivity contribution in [3.8, 4) is 6.57 Å². The van der Waals surface area contributed by atoms with Gasteiger partial charge in [0, 0.05) is 6.57 Å². The zero-order chi connectivity index (χ0) is 6.50. The fourth-order valence-corrected chi connectivity index (χ4v) is 0. The fraction of sp³-hybridized carbons (Fsp3) is 0. The molecule has 0 saturated carbocycles. The summed E-state index contributed by atoms with van der Waals surface area (Å²) in [7, 11) is -4.67. The molecule has 2 N–H and O–H groups in total. The molecule has 0 fully saturated rings. The summed E-state index contributed by atoms with van der Waals surface area (Å²) in [6.45, 7) is 3.50. The average Bonchev–Trinajstić information content (AvgIpc) is 1.36. The van der Waals surface area contributed by atoms with Crippen molar-refractivity contribution in [3.63, 3.8) is 0 Å². The predicted octanol–water partition coefficient (Wildman–Crippen LogP) is -1.81. The number of hydrogen-bond donors (Lipinski definition) is 2. The molecule has 0 saturated heterocycles. The molecule has 0 aromatic rings. The molecule has 5 nitrogen and oxygen atoms in total. The van der Waals surface area contributed by atoms with Gasteiger partial charge in [0.05, 0.1) is 0 Å². The van der Waals surface area contributed by atoms with E-state index in [0.717, 1.165) is 0 Å². The summed E-state index contributed by atoms with van der Waals surface area (Å²) in [5.41, 5.74) is 0. The molecule has 0 radical (unpaired) electrons. The summed E-state index contributed by atoms with van der Waals surface area (Å²) in [5, 5.41) is 6.50. The third-order valence-corrected chi connectivity index (χ3v) is 0. The van der Waals surface area contributed by atoms with Crippen LogP contribution < -0.4 is 0 Å². The molecule has 46 valence electrons. The van der Waals surface area contributed by atoms with Crippen LogP contribution in [-0.2, 0) is 10.4 Å². The Morgan fingerprint density at radius 3 is 1.11 bits per heavy atom. The van der Waals surface area contributed by atoms with Crippen molar-refractivity contribution in [2.24, 2.45) is 0 Å². The first-order valence-electron chi connectivity index (χ1n) is 0.957. The zero-order valence-electron chi connectivity index (χ0n) is 3.14. The van der Waals surface area contributed by atoms with Gasteiger partial charge in [-0.25, -0.2) is 5.26 Å². The maximum atomic E-state index is 8.74. The molecular weight excluding hydrogens is 168 g/mol. The molecule has 0 unspecified atom stereocenters. The first-order chi connectivity index (χ1) is 3.00. The topological polar surface area (TPSA) is 98.4 Å². The first kappa shape index (κ1) is 22.4. The summed E-state index contributed by atoms with van der Waals surface area (Å²) in [6, 6.07) is 0. The van der Waals surface area contributed by atoms with Crippen LogP contribution in [0.3, 0.4) is 0 Å². The normalized spacial score (nSPS) is 6.67. The van der Waals surface area contributed by atoms with Crippen LogP contribution in [0.2, 0.25) is 0 Å². The number of hydrogen-bond acceptors (Lipinski definition) is 3. The molecule has 0 aromatic heterocycles. The van der Waals surface area contributed by atoms with Crippen LogP contribution in [0.15, 0.2) is 0 Å². The number of rotatable bonds is 0. The van der Waals surface area contributed by atoms with Gasteiger partial charge in [0.25, 0.3) is 0 Å². The molecule has 0 spiro atoms. The minimum absolute atomic E-state index is 0. The summed E-state index contributed by atoms with van der Waals surface area (Å²) in [4.78, 5) is 0. The van der Waals surface area contributed by atoms with Gasteiger partial charge in [-0.1, -0.05) is 0 Å². The van der Waals surface area contributed by atoms with E-state index in [0.29, 0.717) is 0 Å². The van der Waals surface area contributed by atoms with Crippen LogP contribution in [0.4, 0.5) is 0 Å². The third-order valence-electron chi connectivity index (χ3n) is 0. The van der Waals surface area contributed by atoms with Gasteiger partial charge in [0.1, 0.15) is 0 Å². The predicted molar refractivity (Wildman–Crippen MR) is 35.1 cm³/mol. The molecule has 0 aliphatic heterocycles. The Bertz CT molecular complexity index is 130.